The molecule has 20 heavy (non-hydrogen) atoms. The number of hydrogen-bond acceptors (Lipinski definition) is 1. The van der Waals surface area contributed by atoms with Crippen molar-refractivity contribution in [3.05, 3.63) is 27.4 Å². The lowest BCUT2D eigenvalue weighted by atomic mass is 10.1. The average molecular weight is 372 g/mol. The van der Waals surface area contributed by atoms with Crippen LogP contribution in [0.2, 0.25) is 5.02 Å². The zero-order valence-electron chi connectivity index (χ0n) is 10.2. The zero-order valence-corrected chi connectivity index (χ0v) is 12.6. The minimum atomic E-state index is -2.73. The number of anilines is 1. The van der Waals surface area contributed by atoms with Crippen LogP contribution in [-0.4, -0.2) is 29.9 Å². The van der Waals surface area contributed by atoms with E-state index in [1.807, 2.05) is 0 Å². The summed E-state index contributed by atoms with van der Waals surface area (Å²) in [5, 5.41) is 2.19. The third-order valence-electron chi connectivity index (χ3n) is 3.06. The Morgan fingerprint density at radius 1 is 1.35 bits per heavy atom. The van der Waals surface area contributed by atoms with Crippen LogP contribution in [-0.2, 0) is 0 Å². The number of urea groups is 1. The molecule has 1 saturated heterocycles. The van der Waals surface area contributed by atoms with Gasteiger partial charge in [-0.1, -0.05) is 11.6 Å². The fraction of sp³-hybridized carbons (Fsp3) is 0.417. The first-order valence-corrected chi connectivity index (χ1v) is 7.04. The Balaban J connectivity index is 2.04. The molecule has 1 aromatic rings. The van der Waals surface area contributed by atoms with Crippen molar-refractivity contribution in [2.75, 3.05) is 18.4 Å². The summed E-state index contributed by atoms with van der Waals surface area (Å²) in [5.74, 6) is -3.50. The molecule has 0 bridgehead atoms. The molecular formula is C12H11BrClF3N2O. The number of alkyl halides is 2. The lowest BCUT2D eigenvalue weighted by molar-refractivity contribution is -0.0461. The summed E-state index contributed by atoms with van der Waals surface area (Å²) in [4.78, 5) is 13.1. The zero-order chi connectivity index (χ0) is 14.9. The second-order valence-electron chi connectivity index (χ2n) is 4.50. The second-order valence-corrected chi connectivity index (χ2v) is 5.73. The molecule has 1 aliphatic rings. The van der Waals surface area contributed by atoms with Crippen molar-refractivity contribution in [3.63, 3.8) is 0 Å². The molecule has 2 rings (SSSR count). The highest BCUT2D eigenvalue weighted by atomic mass is 79.9. The summed E-state index contributed by atoms with van der Waals surface area (Å²) in [5.41, 5.74) is -0.0828. The normalized spacial score (nSPS) is 17.9. The van der Waals surface area contributed by atoms with Crippen LogP contribution >= 0.6 is 27.5 Å². The Morgan fingerprint density at radius 3 is 2.55 bits per heavy atom. The van der Waals surface area contributed by atoms with Gasteiger partial charge in [-0.2, -0.15) is 0 Å². The number of carbonyl (C=O) groups excluding carboxylic acids is 1. The lowest BCUT2D eigenvalue weighted by Gasteiger charge is -2.31. The van der Waals surface area contributed by atoms with Crippen molar-refractivity contribution in [1.82, 2.24) is 4.90 Å². The van der Waals surface area contributed by atoms with Crippen LogP contribution in [0, 0.1) is 5.82 Å². The maximum absolute atomic E-state index is 13.8. The summed E-state index contributed by atoms with van der Waals surface area (Å²) >= 11 is 8.76. The molecule has 1 aromatic carbocycles. The Hall–Kier alpha value is -0.950. The molecule has 0 spiro atoms. The third kappa shape index (κ3) is 3.38. The van der Waals surface area contributed by atoms with Crippen LogP contribution < -0.4 is 5.32 Å². The van der Waals surface area contributed by atoms with Crippen LogP contribution in [0.15, 0.2) is 16.6 Å². The van der Waals surface area contributed by atoms with Crippen LogP contribution in [0.25, 0.3) is 0 Å². The van der Waals surface area contributed by atoms with Crippen molar-refractivity contribution in [1.29, 1.82) is 0 Å². The molecule has 2 amide bonds. The largest absolute Gasteiger partial charge is 0.324 e. The van der Waals surface area contributed by atoms with Gasteiger partial charge in [0.25, 0.3) is 5.92 Å². The van der Waals surface area contributed by atoms with Gasteiger partial charge in [0.05, 0.1) is 10.7 Å². The average Bonchev–Trinajstić information content (AvgIpc) is 2.39. The molecule has 1 N–H and O–H groups in total. The molecule has 1 aliphatic heterocycles. The van der Waals surface area contributed by atoms with E-state index in [1.54, 1.807) is 0 Å². The highest BCUT2D eigenvalue weighted by molar-refractivity contribution is 9.10. The minimum Gasteiger partial charge on any atom is -0.324 e. The van der Waals surface area contributed by atoms with Crippen LogP contribution in [0.4, 0.5) is 23.7 Å². The van der Waals surface area contributed by atoms with Crippen molar-refractivity contribution >= 4 is 39.2 Å². The summed E-state index contributed by atoms with van der Waals surface area (Å²) < 4.78 is 40.1. The molecule has 110 valence electrons. The van der Waals surface area contributed by atoms with E-state index in [0.717, 1.165) is 0 Å². The second kappa shape index (κ2) is 5.81. The molecule has 0 atom stereocenters. The molecule has 0 saturated carbocycles. The maximum atomic E-state index is 13.8. The first-order chi connectivity index (χ1) is 9.30. The predicted octanol–water partition coefficient (Wildman–Crippen LogP) is 4.50. The number of halogens is 5. The van der Waals surface area contributed by atoms with Crippen LogP contribution in [0.5, 0.6) is 0 Å². The van der Waals surface area contributed by atoms with Gasteiger partial charge >= 0.3 is 6.03 Å². The monoisotopic (exact) mass is 370 g/mol. The van der Waals surface area contributed by atoms with Gasteiger partial charge in [0.15, 0.2) is 5.82 Å². The van der Waals surface area contributed by atoms with Gasteiger partial charge in [0.2, 0.25) is 0 Å². The smallest absolute Gasteiger partial charge is 0.321 e. The molecule has 1 heterocycles. The highest BCUT2D eigenvalue weighted by Gasteiger charge is 2.35. The quantitative estimate of drug-likeness (QED) is 0.724. The number of amides is 2. The third-order valence-corrected chi connectivity index (χ3v) is 4.32. The highest BCUT2D eigenvalue weighted by Crippen LogP contribution is 2.31. The fourth-order valence-corrected chi connectivity index (χ4v) is 2.32. The van der Waals surface area contributed by atoms with Gasteiger partial charge in [0.1, 0.15) is 0 Å². The molecule has 3 nitrogen and oxygen atoms in total. The Bertz CT molecular complexity index is 532. The van der Waals surface area contributed by atoms with Gasteiger partial charge in [-0.05, 0) is 28.1 Å². The summed E-state index contributed by atoms with van der Waals surface area (Å²) in [7, 11) is 0. The van der Waals surface area contributed by atoms with Crippen LogP contribution in [0.3, 0.4) is 0 Å². The Morgan fingerprint density at radius 2 is 1.95 bits per heavy atom. The van der Waals surface area contributed by atoms with E-state index in [2.05, 4.69) is 21.2 Å². The number of benzene rings is 1. The number of nitrogens with zero attached hydrogens (tertiary/aromatic N) is 1. The van der Waals surface area contributed by atoms with Crippen LogP contribution in [0.1, 0.15) is 12.8 Å². The lowest BCUT2D eigenvalue weighted by Crippen LogP contribution is -2.44. The van der Waals surface area contributed by atoms with Gasteiger partial charge < -0.3 is 10.2 Å². The van der Waals surface area contributed by atoms with E-state index in [0.29, 0.717) is 4.47 Å². The van der Waals surface area contributed by atoms with Crippen molar-refractivity contribution < 1.29 is 18.0 Å². The van der Waals surface area contributed by atoms with Gasteiger partial charge in [-0.3, -0.25) is 0 Å². The van der Waals surface area contributed by atoms with E-state index in [-0.39, 0.29) is 36.6 Å². The molecule has 8 heteroatoms. The van der Waals surface area contributed by atoms with Crippen molar-refractivity contribution in [2.24, 2.45) is 0 Å². The summed E-state index contributed by atoms with van der Waals surface area (Å²) in [6.45, 7) is -0.130. The number of piperidine rings is 1. The van der Waals surface area contributed by atoms with E-state index in [1.165, 1.54) is 17.0 Å². The maximum Gasteiger partial charge on any atom is 0.321 e. The van der Waals surface area contributed by atoms with Gasteiger partial charge in [-0.25, -0.2) is 18.0 Å². The molecule has 0 aliphatic carbocycles. The number of hydrogen-bond donors (Lipinski definition) is 1. The van der Waals surface area contributed by atoms with E-state index < -0.39 is 17.8 Å². The molecule has 0 unspecified atom stereocenters. The first kappa shape index (κ1) is 15.4. The van der Waals surface area contributed by atoms with Crippen molar-refractivity contribution in [3.8, 4) is 0 Å². The van der Waals surface area contributed by atoms with E-state index >= 15 is 0 Å². The van der Waals surface area contributed by atoms with Gasteiger partial charge in [-0.15, -0.1) is 0 Å². The van der Waals surface area contributed by atoms with E-state index in [9.17, 15) is 18.0 Å². The molecular weight excluding hydrogens is 360 g/mol. The SMILES string of the molecule is O=C(Nc1ccc(Br)c(Cl)c1F)N1CCC(F)(F)CC1. The topological polar surface area (TPSA) is 32.3 Å². The van der Waals surface area contributed by atoms with Gasteiger partial charge in [0, 0.05) is 30.4 Å². The molecule has 1 fully saturated rings. The Kier molecular flexibility index (Phi) is 4.49. The molecule has 0 aromatic heterocycles. The fourth-order valence-electron chi connectivity index (χ4n) is 1.85. The number of carbonyl (C=O) groups is 1. The number of rotatable bonds is 1. The Labute approximate surface area is 127 Å². The molecule has 0 radical (unpaired) electrons. The summed E-state index contributed by atoms with van der Waals surface area (Å²) in [6.07, 6.45) is -0.770. The van der Waals surface area contributed by atoms with E-state index in [4.69, 9.17) is 11.6 Å². The van der Waals surface area contributed by atoms with Crippen molar-refractivity contribution in [2.45, 2.75) is 18.8 Å². The number of nitrogens with one attached hydrogen (secondary N) is 1. The summed E-state index contributed by atoms with van der Waals surface area (Å²) in [6, 6.07) is 2.23. The predicted molar refractivity (Wildman–Crippen MR) is 73.9 cm³/mol. The first-order valence-electron chi connectivity index (χ1n) is 5.87. The minimum absolute atomic E-state index is 0.0648. The standard InChI is InChI=1S/C12H11BrClF3N2O/c13-7-1-2-8(10(15)9(7)14)18-11(20)19-5-3-12(16,17)4-6-19/h1-2H,3-6H2,(H,18,20). The number of likely N-dealkylation sites (tertiary alicyclic amines) is 1.